The van der Waals surface area contributed by atoms with E-state index in [9.17, 15) is 61.0 Å². The standard InChI is InChI=1S/C36H38O18/c37-13-25-28(43)30(45)32(47)35(53-25)51-23-11-18(39)10-22-19(23)12-24(34(50-22)16-4-7-20(40)21(41)9-16)52-36-33(48)31(46)29(44)26(54-36)14-49-27(42)8-3-15-1-5-17(38)6-2-15/h1-12,25-26,28-41,43-48H,13-14H2. The Morgan fingerprint density at radius 3 is 2.02 bits per heavy atom. The molecule has 18 heteroatoms. The van der Waals surface area contributed by atoms with Gasteiger partial charge < -0.3 is 84.6 Å². The summed E-state index contributed by atoms with van der Waals surface area (Å²) in [5.41, 5.74) is 0.762. The number of phenolic OH excluding ortho intramolecular Hbond substituents is 4. The number of aliphatic hydroxyl groups is 7. The maximum atomic E-state index is 12.4. The molecule has 3 aliphatic heterocycles. The molecule has 0 aliphatic carbocycles. The van der Waals surface area contributed by atoms with Crippen molar-refractivity contribution in [2.75, 3.05) is 13.2 Å². The van der Waals surface area contributed by atoms with Crippen LogP contribution < -0.4 is 9.47 Å². The summed E-state index contributed by atoms with van der Waals surface area (Å²) in [6.07, 6.45) is -14.6. The number of aliphatic hydroxyl groups excluding tert-OH is 7. The second-order valence-electron chi connectivity index (χ2n) is 12.7. The number of rotatable bonds is 10. The van der Waals surface area contributed by atoms with Gasteiger partial charge in [0.25, 0.3) is 0 Å². The Morgan fingerprint density at radius 2 is 1.35 bits per heavy atom. The van der Waals surface area contributed by atoms with Gasteiger partial charge in [0, 0.05) is 23.8 Å². The number of carbonyl (C=O) groups is 1. The molecule has 0 radical (unpaired) electrons. The van der Waals surface area contributed by atoms with Gasteiger partial charge in [-0.2, -0.15) is 0 Å². The van der Waals surface area contributed by atoms with Crippen LogP contribution in [0, 0.1) is 0 Å². The first-order valence-electron chi connectivity index (χ1n) is 16.5. The fourth-order valence-electron chi connectivity index (χ4n) is 5.90. The summed E-state index contributed by atoms with van der Waals surface area (Å²) in [6, 6.07) is 11.9. The van der Waals surface area contributed by atoms with Gasteiger partial charge >= 0.3 is 5.97 Å². The number of hydrogen-bond acceptors (Lipinski definition) is 18. The number of esters is 1. The number of carbonyl (C=O) groups excluding carboxylic acids is 1. The highest BCUT2D eigenvalue weighted by Gasteiger charge is 2.48. The lowest BCUT2D eigenvalue weighted by Gasteiger charge is -2.41. The Balaban J connectivity index is 1.28. The molecular formula is C36H38O18. The zero-order valence-corrected chi connectivity index (χ0v) is 28.0. The largest absolute Gasteiger partial charge is 0.508 e. The monoisotopic (exact) mass is 758 g/mol. The number of phenols is 4. The zero-order chi connectivity index (χ0) is 38.8. The lowest BCUT2D eigenvalue weighted by atomic mass is 9.98. The number of benzene rings is 3. The average molecular weight is 759 g/mol. The van der Waals surface area contributed by atoms with Crippen LogP contribution in [0.25, 0.3) is 12.2 Å². The normalized spacial score (nSPS) is 30.9. The van der Waals surface area contributed by atoms with Gasteiger partial charge in [0.1, 0.15) is 84.2 Å². The van der Waals surface area contributed by atoms with Crippen LogP contribution in [-0.4, -0.2) is 137 Å². The third kappa shape index (κ3) is 8.16. The average Bonchev–Trinajstić information content (AvgIpc) is 3.15. The van der Waals surface area contributed by atoms with Crippen molar-refractivity contribution in [1.29, 1.82) is 0 Å². The Morgan fingerprint density at radius 1 is 0.704 bits per heavy atom. The van der Waals surface area contributed by atoms with Crippen LogP contribution in [0.1, 0.15) is 22.8 Å². The topological polar surface area (TPSA) is 295 Å². The fraction of sp³-hybridized carbons (Fsp3) is 0.361. The lowest BCUT2D eigenvalue weighted by Crippen LogP contribution is -2.60. The van der Waals surface area contributed by atoms with E-state index in [4.69, 9.17) is 28.4 Å². The number of ether oxygens (including phenoxy) is 6. The van der Waals surface area contributed by atoms with Gasteiger partial charge in [-0.1, -0.05) is 18.2 Å². The Labute approximate surface area is 305 Å². The van der Waals surface area contributed by atoms with Gasteiger partial charge in [-0.05, 0) is 42.0 Å². The molecule has 0 amide bonds. The predicted molar refractivity (Wildman–Crippen MR) is 179 cm³/mol. The Kier molecular flexibility index (Phi) is 11.5. The molecule has 2 fully saturated rings. The van der Waals surface area contributed by atoms with Gasteiger partial charge in [0.05, 0.1) is 12.2 Å². The molecule has 0 spiro atoms. The molecule has 11 atom stereocenters. The molecule has 54 heavy (non-hydrogen) atoms. The molecule has 0 aromatic heterocycles. The van der Waals surface area contributed by atoms with E-state index in [1.54, 1.807) is 12.1 Å². The third-order valence-electron chi connectivity index (χ3n) is 8.89. The van der Waals surface area contributed by atoms with Crippen LogP contribution >= 0.6 is 0 Å². The summed E-state index contributed by atoms with van der Waals surface area (Å²) in [5.74, 6) is -2.72. The summed E-state index contributed by atoms with van der Waals surface area (Å²) in [6.45, 7) is -1.35. The minimum atomic E-state index is -1.90. The fourth-order valence-corrected chi connectivity index (χ4v) is 5.90. The maximum Gasteiger partial charge on any atom is 0.330 e. The van der Waals surface area contributed by atoms with E-state index in [0.29, 0.717) is 5.56 Å². The van der Waals surface area contributed by atoms with Crippen molar-refractivity contribution in [3.8, 4) is 34.5 Å². The molecule has 2 saturated heterocycles. The summed E-state index contributed by atoms with van der Waals surface area (Å²) < 4.78 is 34.4. The highest BCUT2D eigenvalue weighted by molar-refractivity contribution is 5.87. The van der Waals surface area contributed by atoms with E-state index in [-0.39, 0.29) is 34.1 Å². The van der Waals surface area contributed by atoms with E-state index in [2.05, 4.69) is 0 Å². The SMILES string of the molecule is O=C(C=Cc1ccc(O)cc1)OCC1OC(OC2=Cc3c(cc(O)cc3OC3OC(CO)C(O)C(O)C3O)OC2c2ccc(O)c(O)c2)C(O)C(O)C1O. The summed E-state index contributed by atoms with van der Waals surface area (Å²) >= 11 is 0. The third-order valence-corrected chi connectivity index (χ3v) is 8.89. The van der Waals surface area contributed by atoms with E-state index in [1.807, 2.05) is 0 Å². The molecule has 6 rings (SSSR count). The molecule has 3 aliphatic rings. The molecular weight excluding hydrogens is 720 g/mol. The van der Waals surface area contributed by atoms with E-state index in [0.717, 1.165) is 24.3 Å². The summed E-state index contributed by atoms with van der Waals surface area (Å²) in [4.78, 5) is 12.4. The molecule has 0 saturated carbocycles. The second kappa shape index (κ2) is 16.1. The second-order valence-corrected chi connectivity index (χ2v) is 12.7. The first kappa shape index (κ1) is 38.6. The van der Waals surface area contributed by atoms with Gasteiger partial charge in [-0.15, -0.1) is 0 Å². The quantitative estimate of drug-likeness (QED) is 0.0688. The van der Waals surface area contributed by atoms with Crippen molar-refractivity contribution < 1.29 is 89.4 Å². The van der Waals surface area contributed by atoms with Crippen LogP contribution in [0.3, 0.4) is 0 Å². The summed E-state index contributed by atoms with van der Waals surface area (Å²) in [5, 5.41) is 113. The molecule has 3 aromatic rings. The van der Waals surface area contributed by atoms with Gasteiger partial charge in [-0.25, -0.2) is 4.79 Å². The van der Waals surface area contributed by atoms with Crippen LogP contribution in [0.4, 0.5) is 0 Å². The maximum absolute atomic E-state index is 12.4. The van der Waals surface area contributed by atoms with Crippen molar-refractivity contribution in [3.05, 3.63) is 83.1 Å². The molecule has 11 unspecified atom stereocenters. The van der Waals surface area contributed by atoms with Crippen molar-refractivity contribution in [1.82, 2.24) is 0 Å². The first-order valence-corrected chi connectivity index (χ1v) is 16.5. The van der Waals surface area contributed by atoms with Crippen LogP contribution in [0.15, 0.2) is 66.4 Å². The van der Waals surface area contributed by atoms with Crippen molar-refractivity contribution in [2.24, 2.45) is 0 Å². The lowest BCUT2D eigenvalue weighted by molar-refractivity contribution is -0.294. The number of fused-ring (bicyclic) bond motifs is 1. The van der Waals surface area contributed by atoms with E-state index in [1.165, 1.54) is 36.4 Å². The van der Waals surface area contributed by atoms with Gasteiger partial charge in [-0.3, -0.25) is 0 Å². The Hall–Kier alpha value is -5.15. The molecule has 11 N–H and O–H groups in total. The smallest absolute Gasteiger partial charge is 0.330 e. The molecule has 3 heterocycles. The minimum absolute atomic E-state index is 0.0239. The van der Waals surface area contributed by atoms with Crippen molar-refractivity contribution in [3.63, 3.8) is 0 Å². The highest BCUT2D eigenvalue weighted by atomic mass is 16.7. The van der Waals surface area contributed by atoms with Crippen LogP contribution in [-0.2, 0) is 23.7 Å². The van der Waals surface area contributed by atoms with Crippen molar-refractivity contribution in [2.45, 2.75) is 67.5 Å². The highest BCUT2D eigenvalue weighted by Crippen LogP contribution is 2.46. The van der Waals surface area contributed by atoms with Gasteiger partial charge in [0.2, 0.25) is 12.6 Å². The van der Waals surface area contributed by atoms with E-state index < -0.39 is 104 Å². The molecule has 3 aromatic carbocycles. The minimum Gasteiger partial charge on any atom is -0.508 e. The first-order chi connectivity index (χ1) is 25.7. The number of hydrogen-bond donors (Lipinski definition) is 11. The van der Waals surface area contributed by atoms with Crippen LogP contribution in [0.2, 0.25) is 0 Å². The summed E-state index contributed by atoms with van der Waals surface area (Å²) in [7, 11) is 0. The Bertz CT molecular complexity index is 1860. The van der Waals surface area contributed by atoms with E-state index >= 15 is 0 Å². The van der Waals surface area contributed by atoms with Gasteiger partial charge in [0.15, 0.2) is 17.6 Å². The zero-order valence-electron chi connectivity index (χ0n) is 28.0. The molecule has 18 nitrogen and oxygen atoms in total. The number of aromatic hydroxyl groups is 4. The predicted octanol–water partition coefficient (Wildman–Crippen LogP) is -0.757. The van der Waals surface area contributed by atoms with Crippen LogP contribution in [0.5, 0.6) is 34.5 Å². The van der Waals surface area contributed by atoms with Crippen molar-refractivity contribution >= 4 is 18.1 Å². The molecule has 0 bridgehead atoms. The molecule has 290 valence electrons.